The van der Waals surface area contributed by atoms with E-state index in [9.17, 15) is 5.11 Å². The van der Waals surface area contributed by atoms with E-state index in [2.05, 4.69) is 24.4 Å². The summed E-state index contributed by atoms with van der Waals surface area (Å²) in [6.45, 7) is 8.58. The molecule has 1 aromatic rings. The average molecular weight is 233 g/mol. The molecule has 1 unspecified atom stereocenters. The van der Waals surface area contributed by atoms with Gasteiger partial charge in [-0.15, -0.1) is 0 Å². The molecule has 2 nitrogen and oxygen atoms in total. The second kappa shape index (κ2) is 5.09. The third-order valence-electron chi connectivity index (χ3n) is 4.13. The Labute approximate surface area is 104 Å². The molecule has 1 aromatic carbocycles. The van der Waals surface area contributed by atoms with Crippen LogP contribution in [0, 0.1) is 19.8 Å². The SMILES string of the molecule is Cc1cc(C(C)C2CCNCC2)cc(C)c1O. The van der Waals surface area contributed by atoms with Gasteiger partial charge in [-0.1, -0.05) is 19.1 Å². The number of aromatic hydroxyl groups is 1. The number of hydrogen-bond acceptors (Lipinski definition) is 2. The molecule has 0 radical (unpaired) electrons. The molecule has 0 saturated carbocycles. The first kappa shape index (κ1) is 12.4. The zero-order chi connectivity index (χ0) is 12.4. The fourth-order valence-electron chi connectivity index (χ4n) is 2.87. The highest BCUT2D eigenvalue weighted by molar-refractivity contribution is 5.43. The fourth-order valence-corrected chi connectivity index (χ4v) is 2.87. The van der Waals surface area contributed by atoms with Gasteiger partial charge >= 0.3 is 0 Å². The highest BCUT2D eigenvalue weighted by Crippen LogP contribution is 2.34. The third-order valence-corrected chi connectivity index (χ3v) is 4.13. The van der Waals surface area contributed by atoms with Gasteiger partial charge in [0.05, 0.1) is 0 Å². The lowest BCUT2D eigenvalue weighted by atomic mass is 9.81. The van der Waals surface area contributed by atoms with Crippen molar-refractivity contribution < 1.29 is 5.11 Å². The average Bonchev–Trinajstić information content (AvgIpc) is 2.35. The minimum Gasteiger partial charge on any atom is -0.507 e. The van der Waals surface area contributed by atoms with Gasteiger partial charge in [0.25, 0.3) is 0 Å². The molecule has 1 saturated heterocycles. The van der Waals surface area contributed by atoms with Crippen LogP contribution in [0.4, 0.5) is 0 Å². The lowest BCUT2D eigenvalue weighted by molar-refractivity contribution is 0.330. The first-order valence-corrected chi connectivity index (χ1v) is 6.60. The number of phenolic OH excluding ortho intramolecular Hbond substituents is 1. The van der Waals surface area contributed by atoms with Gasteiger partial charge < -0.3 is 10.4 Å². The van der Waals surface area contributed by atoms with Crippen molar-refractivity contribution in [3.63, 3.8) is 0 Å². The summed E-state index contributed by atoms with van der Waals surface area (Å²) in [6, 6.07) is 4.30. The molecule has 0 aliphatic carbocycles. The zero-order valence-corrected chi connectivity index (χ0v) is 11.1. The molecular formula is C15H23NO. The first-order chi connectivity index (χ1) is 8.09. The van der Waals surface area contributed by atoms with E-state index in [-0.39, 0.29) is 0 Å². The topological polar surface area (TPSA) is 32.3 Å². The molecule has 1 fully saturated rings. The number of benzene rings is 1. The van der Waals surface area contributed by atoms with E-state index in [0.717, 1.165) is 30.1 Å². The summed E-state index contributed by atoms with van der Waals surface area (Å²) in [4.78, 5) is 0. The quantitative estimate of drug-likeness (QED) is 0.822. The van der Waals surface area contributed by atoms with Gasteiger partial charge in [-0.25, -0.2) is 0 Å². The van der Waals surface area contributed by atoms with Crippen LogP contribution in [-0.2, 0) is 0 Å². The molecule has 1 heterocycles. The van der Waals surface area contributed by atoms with Crippen molar-refractivity contribution in [3.05, 3.63) is 28.8 Å². The maximum absolute atomic E-state index is 9.81. The van der Waals surface area contributed by atoms with Crippen LogP contribution in [0.5, 0.6) is 5.75 Å². The summed E-state index contributed by atoms with van der Waals surface area (Å²) in [7, 11) is 0. The number of rotatable bonds is 2. The van der Waals surface area contributed by atoms with E-state index in [0.29, 0.717) is 11.7 Å². The van der Waals surface area contributed by atoms with E-state index in [4.69, 9.17) is 0 Å². The fraction of sp³-hybridized carbons (Fsp3) is 0.600. The predicted molar refractivity (Wildman–Crippen MR) is 71.6 cm³/mol. The van der Waals surface area contributed by atoms with Crippen LogP contribution >= 0.6 is 0 Å². The molecule has 0 aromatic heterocycles. The Morgan fingerprint density at radius 1 is 1.18 bits per heavy atom. The van der Waals surface area contributed by atoms with E-state index in [1.165, 1.54) is 18.4 Å². The molecule has 17 heavy (non-hydrogen) atoms. The summed E-state index contributed by atoms with van der Waals surface area (Å²) in [6.07, 6.45) is 2.53. The zero-order valence-electron chi connectivity index (χ0n) is 11.1. The van der Waals surface area contributed by atoms with Crippen LogP contribution in [0.25, 0.3) is 0 Å². The number of aryl methyl sites for hydroxylation is 2. The van der Waals surface area contributed by atoms with Gasteiger partial charge in [-0.3, -0.25) is 0 Å². The van der Waals surface area contributed by atoms with Crippen LogP contribution in [-0.4, -0.2) is 18.2 Å². The van der Waals surface area contributed by atoms with Crippen molar-refractivity contribution in [3.8, 4) is 5.75 Å². The molecule has 0 bridgehead atoms. The molecule has 0 amide bonds. The minimum absolute atomic E-state index is 0.450. The molecule has 1 aliphatic rings. The highest BCUT2D eigenvalue weighted by atomic mass is 16.3. The van der Waals surface area contributed by atoms with E-state index in [1.54, 1.807) is 0 Å². The summed E-state index contributed by atoms with van der Waals surface area (Å²) < 4.78 is 0. The van der Waals surface area contributed by atoms with Crippen molar-refractivity contribution in [1.29, 1.82) is 0 Å². The van der Waals surface area contributed by atoms with Crippen LogP contribution in [0.3, 0.4) is 0 Å². The summed E-state index contributed by atoms with van der Waals surface area (Å²) >= 11 is 0. The smallest absolute Gasteiger partial charge is 0.121 e. The summed E-state index contributed by atoms with van der Waals surface area (Å²) in [5.74, 6) is 1.82. The minimum atomic E-state index is 0.450. The molecule has 0 spiro atoms. The van der Waals surface area contributed by atoms with Crippen LogP contribution in [0.15, 0.2) is 12.1 Å². The van der Waals surface area contributed by atoms with Crippen LogP contribution in [0.1, 0.15) is 42.4 Å². The van der Waals surface area contributed by atoms with E-state index in [1.807, 2.05) is 13.8 Å². The molecule has 94 valence electrons. The van der Waals surface area contributed by atoms with Gasteiger partial charge in [-0.2, -0.15) is 0 Å². The second-order valence-electron chi connectivity index (χ2n) is 5.38. The molecule has 1 atom stereocenters. The maximum atomic E-state index is 9.81. The van der Waals surface area contributed by atoms with Crippen LogP contribution in [0.2, 0.25) is 0 Å². The molecule has 2 N–H and O–H groups in total. The summed E-state index contributed by atoms with van der Waals surface area (Å²) in [5.41, 5.74) is 3.38. The van der Waals surface area contributed by atoms with Gasteiger partial charge in [-0.05, 0) is 68.3 Å². The van der Waals surface area contributed by atoms with Gasteiger partial charge in [0, 0.05) is 0 Å². The largest absolute Gasteiger partial charge is 0.507 e. The van der Waals surface area contributed by atoms with Gasteiger partial charge in [0.2, 0.25) is 0 Å². The number of nitrogens with one attached hydrogen (secondary N) is 1. The Balaban J connectivity index is 2.21. The van der Waals surface area contributed by atoms with Crippen molar-refractivity contribution in [2.75, 3.05) is 13.1 Å². The Bertz CT molecular complexity index is 371. The lowest BCUT2D eigenvalue weighted by Crippen LogP contribution is -2.30. The Morgan fingerprint density at radius 2 is 1.71 bits per heavy atom. The van der Waals surface area contributed by atoms with Crippen molar-refractivity contribution in [1.82, 2.24) is 5.32 Å². The van der Waals surface area contributed by atoms with Crippen LogP contribution < -0.4 is 5.32 Å². The van der Waals surface area contributed by atoms with Crippen molar-refractivity contribution >= 4 is 0 Å². The number of hydrogen-bond donors (Lipinski definition) is 2. The van der Waals surface area contributed by atoms with Gasteiger partial charge in [0.1, 0.15) is 5.75 Å². The molecule has 1 aliphatic heterocycles. The molecule has 2 rings (SSSR count). The maximum Gasteiger partial charge on any atom is 0.121 e. The van der Waals surface area contributed by atoms with E-state index >= 15 is 0 Å². The molecular weight excluding hydrogens is 210 g/mol. The lowest BCUT2D eigenvalue weighted by Gasteiger charge is -2.29. The van der Waals surface area contributed by atoms with E-state index < -0.39 is 0 Å². The Hall–Kier alpha value is -1.02. The number of piperidine rings is 1. The standard InChI is InChI=1S/C15H23NO/c1-10-8-14(9-11(2)15(10)17)12(3)13-4-6-16-7-5-13/h8-9,12-13,16-17H,4-7H2,1-3H3. The summed E-state index contributed by atoms with van der Waals surface area (Å²) in [5, 5.41) is 13.2. The normalized spacial score (nSPS) is 19.2. The van der Waals surface area contributed by atoms with Crippen molar-refractivity contribution in [2.45, 2.75) is 39.5 Å². The van der Waals surface area contributed by atoms with Gasteiger partial charge in [0.15, 0.2) is 0 Å². The first-order valence-electron chi connectivity index (χ1n) is 6.60. The highest BCUT2D eigenvalue weighted by Gasteiger charge is 2.21. The predicted octanol–water partition coefficient (Wildman–Crippen LogP) is 3.11. The van der Waals surface area contributed by atoms with Crippen molar-refractivity contribution in [2.24, 2.45) is 5.92 Å². The number of phenols is 1. The Kier molecular flexibility index (Phi) is 3.72. The third kappa shape index (κ3) is 2.63. The monoisotopic (exact) mass is 233 g/mol. The second-order valence-corrected chi connectivity index (χ2v) is 5.38. The Morgan fingerprint density at radius 3 is 2.24 bits per heavy atom. The molecule has 2 heteroatoms.